The average Bonchev–Trinajstić information content (AvgIpc) is 2.18. The van der Waals surface area contributed by atoms with E-state index in [-0.39, 0.29) is 0 Å². The molecule has 0 aliphatic carbocycles. The van der Waals surface area contributed by atoms with Crippen LogP contribution in [0.1, 0.15) is 39.5 Å². The van der Waals surface area contributed by atoms with Crippen LogP contribution >= 0.6 is 12.2 Å². The van der Waals surface area contributed by atoms with Crippen LogP contribution in [0.15, 0.2) is 0 Å². The van der Waals surface area contributed by atoms with Gasteiger partial charge in [-0.15, -0.1) is 0 Å². The molecule has 82 valence electrons. The molecule has 1 aliphatic rings. The molecule has 3 heteroatoms. The highest BCUT2D eigenvalue weighted by Crippen LogP contribution is 2.20. The topological polar surface area (TPSA) is 29.3 Å². The fourth-order valence-electron chi connectivity index (χ4n) is 2.20. The SMILES string of the molecule is CCC1CCCCN1CC(C)C(N)=S. The van der Waals surface area contributed by atoms with Crippen molar-refractivity contribution in [1.82, 2.24) is 4.90 Å². The molecule has 1 saturated heterocycles. The highest BCUT2D eigenvalue weighted by Gasteiger charge is 2.22. The van der Waals surface area contributed by atoms with Crippen LogP contribution in [-0.2, 0) is 0 Å². The van der Waals surface area contributed by atoms with Crippen LogP contribution in [0.4, 0.5) is 0 Å². The Labute approximate surface area is 92.8 Å². The van der Waals surface area contributed by atoms with Crippen LogP contribution in [0.2, 0.25) is 0 Å². The molecule has 0 saturated carbocycles. The summed E-state index contributed by atoms with van der Waals surface area (Å²) < 4.78 is 0. The number of nitrogens with two attached hydrogens (primary N) is 1. The first kappa shape index (κ1) is 11.9. The Morgan fingerprint density at radius 3 is 2.86 bits per heavy atom. The molecule has 0 spiro atoms. The predicted molar refractivity (Wildman–Crippen MR) is 65.5 cm³/mol. The summed E-state index contributed by atoms with van der Waals surface area (Å²) in [6, 6.07) is 0.764. The highest BCUT2D eigenvalue weighted by molar-refractivity contribution is 7.80. The van der Waals surface area contributed by atoms with Gasteiger partial charge < -0.3 is 5.73 Å². The fraction of sp³-hybridized carbons (Fsp3) is 0.909. The Morgan fingerprint density at radius 1 is 1.57 bits per heavy atom. The van der Waals surface area contributed by atoms with Gasteiger partial charge in [-0.05, 0) is 25.8 Å². The molecule has 0 amide bonds. The molecule has 1 fully saturated rings. The summed E-state index contributed by atoms with van der Waals surface area (Å²) in [6.07, 6.45) is 5.32. The first-order valence-electron chi connectivity index (χ1n) is 5.68. The van der Waals surface area contributed by atoms with Crippen molar-refractivity contribution in [2.24, 2.45) is 11.7 Å². The molecule has 0 bridgehead atoms. The molecule has 0 aromatic carbocycles. The van der Waals surface area contributed by atoms with Crippen molar-refractivity contribution in [3.05, 3.63) is 0 Å². The van der Waals surface area contributed by atoms with E-state index in [1.165, 1.54) is 32.2 Å². The molecule has 1 rings (SSSR count). The van der Waals surface area contributed by atoms with E-state index in [1.807, 2.05) is 0 Å². The number of likely N-dealkylation sites (tertiary alicyclic amines) is 1. The summed E-state index contributed by atoms with van der Waals surface area (Å²) in [5.74, 6) is 0.358. The quantitative estimate of drug-likeness (QED) is 0.727. The van der Waals surface area contributed by atoms with Gasteiger partial charge in [0.05, 0.1) is 4.99 Å². The standard InChI is InChI=1S/C11H22N2S/c1-3-10-6-4-5-7-13(10)8-9(2)11(12)14/h9-10H,3-8H2,1-2H3,(H2,12,14). The van der Waals surface area contributed by atoms with E-state index in [1.54, 1.807) is 0 Å². The zero-order chi connectivity index (χ0) is 10.6. The van der Waals surface area contributed by atoms with E-state index in [0.29, 0.717) is 10.9 Å². The lowest BCUT2D eigenvalue weighted by Gasteiger charge is -2.36. The van der Waals surface area contributed by atoms with Crippen molar-refractivity contribution in [1.29, 1.82) is 0 Å². The highest BCUT2D eigenvalue weighted by atomic mass is 32.1. The van der Waals surface area contributed by atoms with Crippen LogP contribution in [0.5, 0.6) is 0 Å². The lowest BCUT2D eigenvalue weighted by Crippen LogP contribution is -2.43. The molecule has 2 N–H and O–H groups in total. The number of nitrogens with zero attached hydrogens (tertiary/aromatic N) is 1. The lowest BCUT2D eigenvalue weighted by molar-refractivity contribution is 0.136. The lowest BCUT2D eigenvalue weighted by atomic mass is 9.98. The number of rotatable bonds is 4. The Kier molecular flexibility index (Phi) is 4.82. The zero-order valence-electron chi connectivity index (χ0n) is 9.33. The van der Waals surface area contributed by atoms with Gasteiger partial charge in [-0.1, -0.05) is 32.5 Å². The number of hydrogen-bond acceptors (Lipinski definition) is 2. The van der Waals surface area contributed by atoms with Crippen LogP contribution in [0, 0.1) is 5.92 Å². The molecule has 0 aromatic heterocycles. The summed E-state index contributed by atoms with van der Waals surface area (Å²) >= 11 is 5.01. The van der Waals surface area contributed by atoms with Crippen LogP contribution in [0.25, 0.3) is 0 Å². The largest absolute Gasteiger partial charge is 0.393 e. The Hall–Kier alpha value is -0.150. The average molecular weight is 214 g/mol. The summed E-state index contributed by atoms with van der Waals surface area (Å²) in [5.41, 5.74) is 5.64. The molecule has 2 nitrogen and oxygen atoms in total. The van der Waals surface area contributed by atoms with Gasteiger partial charge in [0, 0.05) is 18.5 Å². The number of hydrogen-bond donors (Lipinski definition) is 1. The minimum atomic E-state index is 0.358. The number of thiocarbonyl (C=S) groups is 1. The van der Waals surface area contributed by atoms with Gasteiger partial charge in [-0.3, -0.25) is 4.90 Å². The van der Waals surface area contributed by atoms with Gasteiger partial charge >= 0.3 is 0 Å². The molecule has 14 heavy (non-hydrogen) atoms. The van der Waals surface area contributed by atoms with Crippen molar-refractivity contribution in [2.75, 3.05) is 13.1 Å². The van der Waals surface area contributed by atoms with Crippen LogP contribution < -0.4 is 5.73 Å². The minimum absolute atomic E-state index is 0.358. The van der Waals surface area contributed by atoms with Crippen LogP contribution in [0.3, 0.4) is 0 Å². The van der Waals surface area contributed by atoms with Gasteiger partial charge in [0.15, 0.2) is 0 Å². The van der Waals surface area contributed by atoms with Crippen molar-refractivity contribution in [3.8, 4) is 0 Å². The predicted octanol–water partition coefficient (Wildman–Crippen LogP) is 2.17. The van der Waals surface area contributed by atoms with Gasteiger partial charge in [0.2, 0.25) is 0 Å². The second-order valence-corrected chi connectivity index (χ2v) is 4.83. The van der Waals surface area contributed by atoms with Crippen molar-refractivity contribution >= 4 is 17.2 Å². The maximum Gasteiger partial charge on any atom is 0.0768 e. The molecule has 2 unspecified atom stereocenters. The van der Waals surface area contributed by atoms with E-state index in [2.05, 4.69) is 18.7 Å². The van der Waals surface area contributed by atoms with E-state index in [9.17, 15) is 0 Å². The third kappa shape index (κ3) is 3.21. The van der Waals surface area contributed by atoms with Gasteiger partial charge in [-0.25, -0.2) is 0 Å². The molecule has 2 atom stereocenters. The normalized spacial score (nSPS) is 26.0. The summed E-state index contributed by atoms with van der Waals surface area (Å²) in [4.78, 5) is 3.22. The van der Waals surface area contributed by atoms with Crippen molar-refractivity contribution in [3.63, 3.8) is 0 Å². The summed E-state index contributed by atoms with van der Waals surface area (Å²) in [7, 11) is 0. The van der Waals surface area contributed by atoms with Crippen molar-refractivity contribution in [2.45, 2.75) is 45.6 Å². The monoisotopic (exact) mass is 214 g/mol. The third-order valence-electron chi connectivity index (χ3n) is 3.21. The van der Waals surface area contributed by atoms with Gasteiger partial charge in [0.25, 0.3) is 0 Å². The smallest absolute Gasteiger partial charge is 0.0768 e. The van der Waals surface area contributed by atoms with Crippen molar-refractivity contribution < 1.29 is 0 Å². The van der Waals surface area contributed by atoms with E-state index in [0.717, 1.165) is 12.6 Å². The Balaban J connectivity index is 2.44. The maximum atomic E-state index is 5.64. The Morgan fingerprint density at radius 2 is 2.29 bits per heavy atom. The molecule has 0 radical (unpaired) electrons. The molecular formula is C11H22N2S. The fourth-order valence-corrected chi connectivity index (χ4v) is 2.28. The maximum absolute atomic E-state index is 5.64. The molecule has 1 heterocycles. The first-order valence-corrected chi connectivity index (χ1v) is 6.09. The molecule has 0 aromatic rings. The van der Waals surface area contributed by atoms with E-state index in [4.69, 9.17) is 18.0 Å². The second kappa shape index (κ2) is 5.66. The summed E-state index contributed by atoms with van der Waals surface area (Å²) in [6.45, 7) is 6.68. The van der Waals surface area contributed by atoms with Gasteiger partial charge in [-0.2, -0.15) is 0 Å². The number of piperidine rings is 1. The van der Waals surface area contributed by atoms with Crippen LogP contribution in [-0.4, -0.2) is 29.0 Å². The molecular weight excluding hydrogens is 192 g/mol. The second-order valence-electron chi connectivity index (χ2n) is 4.36. The van der Waals surface area contributed by atoms with E-state index >= 15 is 0 Å². The summed E-state index contributed by atoms with van der Waals surface area (Å²) in [5, 5.41) is 0. The zero-order valence-corrected chi connectivity index (χ0v) is 10.1. The van der Waals surface area contributed by atoms with Gasteiger partial charge in [0.1, 0.15) is 0 Å². The Bertz CT molecular complexity index is 194. The molecule has 1 aliphatic heterocycles. The van der Waals surface area contributed by atoms with E-state index < -0.39 is 0 Å². The third-order valence-corrected chi connectivity index (χ3v) is 3.62. The first-order chi connectivity index (χ1) is 6.65. The minimum Gasteiger partial charge on any atom is -0.393 e.